The Bertz CT molecular complexity index is 286. The van der Waals surface area contributed by atoms with E-state index in [1.54, 1.807) is 0 Å². The Morgan fingerprint density at radius 2 is 1.07 bits per heavy atom. The van der Waals surface area contributed by atoms with Gasteiger partial charge in [0.05, 0.1) is 0 Å². The maximum Gasteiger partial charge on any atom is 0.122 e. The van der Waals surface area contributed by atoms with Gasteiger partial charge < -0.3 is 5.11 Å². The lowest BCUT2D eigenvalue weighted by molar-refractivity contribution is 0.460. The Labute approximate surface area is 93.1 Å². The summed E-state index contributed by atoms with van der Waals surface area (Å²) >= 11 is 0. The molecule has 0 spiro atoms. The molecule has 0 fully saturated rings. The Morgan fingerprint density at radius 3 is 1.33 bits per heavy atom. The summed E-state index contributed by atoms with van der Waals surface area (Å²) in [6, 6.07) is 0. The van der Waals surface area contributed by atoms with E-state index >= 15 is 0 Å². The van der Waals surface area contributed by atoms with Crippen LogP contribution in [0.25, 0.3) is 0 Å². The first kappa shape index (κ1) is 12.1. The van der Waals surface area contributed by atoms with Crippen LogP contribution in [0.15, 0.2) is 0 Å². The molecule has 0 atom stereocenters. The Kier molecular flexibility index (Phi) is 3.78. The van der Waals surface area contributed by atoms with Crippen molar-refractivity contribution in [2.24, 2.45) is 0 Å². The van der Waals surface area contributed by atoms with Gasteiger partial charge in [0, 0.05) is 0 Å². The van der Waals surface area contributed by atoms with Crippen LogP contribution in [0.1, 0.15) is 48.6 Å². The van der Waals surface area contributed by atoms with Gasteiger partial charge in [-0.25, -0.2) is 0 Å². The second-order valence-corrected chi connectivity index (χ2v) is 4.09. The molecule has 1 nitrogen and oxygen atoms in total. The quantitative estimate of drug-likeness (QED) is 0.799. The van der Waals surface area contributed by atoms with Gasteiger partial charge in [-0.2, -0.15) is 0 Å². The second kappa shape index (κ2) is 4.69. The van der Waals surface area contributed by atoms with Crippen LogP contribution >= 0.6 is 0 Å². The Hall–Kier alpha value is -0.980. The fraction of sp³-hybridized carbons (Fsp3) is 0.571. The molecule has 1 N–H and O–H groups in total. The molecule has 0 amide bonds. The van der Waals surface area contributed by atoms with E-state index in [0.29, 0.717) is 5.75 Å². The van der Waals surface area contributed by atoms with Gasteiger partial charge in [0.15, 0.2) is 0 Å². The van der Waals surface area contributed by atoms with Crippen LogP contribution in [0.4, 0.5) is 0 Å². The lowest BCUT2D eigenvalue weighted by Gasteiger charge is -2.18. The summed E-state index contributed by atoms with van der Waals surface area (Å²) in [5.41, 5.74) is 6.25. The predicted octanol–water partition coefficient (Wildman–Crippen LogP) is 3.70. The summed E-state index contributed by atoms with van der Waals surface area (Å²) in [5.74, 6) is 0.534. The molecule has 1 aromatic rings. The van der Waals surface area contributed by atoms with Gasteiger partial charge in [0.2, 0.25) is 0 Å². The van der Waals surface area contributed by atoms with Crippen molar-refractivity contribution in [3.63, 3.8) is 0 Å². The van der Waals surface area contributed by atoms with Gasteiger partial charge in [-0.15, -0.1) is 0 Å². The average Bonchev–Trinajstić information content (AvgIpc) is 2.19. The molecule has 0 saturated carbocycles. The molecule has 0 aliphatic heterocycles. The average molecular weight is 206 g/mol. The van der Waals surface area contributed by atoms with Crippen LogP contribution in [0.2, 0.25) is 0 Å². The van der Waals surface area contributed by atoms with Crippen molar-refractivity contribution in [1.82, 2.24) is 0 Å². The first-order valence-corrected chi connectivity index (χ1v) is 5.91. The first-order valence-electron chi connectivity index (χ1n) is 5.91. The minimum absolute atomic E-state index is 0.534. The van der Waals surface area contributed by atoms with Crippen molar-refractivity contribution >= 4 is 0 Å². The predicted molar refractivity (Wildman–Crippen MR) is 65.7 cm³/mol. The van der Waals surface area contributed by atoms with Crippen molar-refractivity contribution in [2.75, 3.05) is 0 Å². The third-order valence-electron chi connectivity index (χ3n) is 3.44. The Morgan fingerprint density at radius 1 is 0.733 bits per heavy atom. The molecule has 0 heterocycles. The summed E-state index contributed by atoms with van der Waals surface area (Å²) in [4.78, 5) is 0. The monoisotopic (exact) mass is 206 g/mol. The highest BCUT2D eigenvalue weighted by Gasteiger charge is 2.15. The fourth-order valence-corrected chi connectivity index (χ4v) is 2.58. The van der Waals surface area contributed by atoms with E-state index < -0.39 is 0 Å². The number of rotatable bonds is 3. The van der Waals surface area contributed by atoms with Gasteiger partial charge >= 0.3 is 0 Å². The summed E-state index contributed by atoms with van der Waals surface area (Å²) < 4.78 is 0. The van der Waals surface area contributed by atoms with E-state index in [1.807, 2.05) is 0 Å². The van der Waals surface area contributed by atoms with E-state index in [4.69, 9.17) is 0 Å². The molecule has 0 aliphatic rings. The molecule has 1 rings (SSSR count). The number of hydrogen-bond acceptors (Lipinski definition) is 1. The molecule has 0 aliphatic carbocycles. The third kappa shape index (κ3) is 1.88. The van der Waals surface area contributed by atoms with Crippen LogP contribution in [-0.2, 0) is 19.3 Å². The summed E-state index contributed by atoms with van der Waals surface area (Å²) in [6.07, 6.45) is 2.88. The minimum atomic E-state index is 0.534. The molecular weight excluding hydrogens is 184 g/mol. The molecule has 0 unspecified atom stereocenters. The number of phenolic OH excluding ortho intramolecular Hbond substituents is 1. The zero-order valence-electron chi connectivity index (χ0n) is 10.6. The Balaban J connectivity index is 3.57. The van der Waals surface area contributed by atoms with Gasteiger partial charge in [-0.1, -0.05) is 20.8 Å². The van der Waals surface area contributed by atoms with E-state index in [-0.39, 0.29) is 0 Å². The number of benzene rings is 1. The normalized spacial score (nSPS) is 10.7. The fourth-order valence-electron chi connectivity index (χ4n) is 2.58. The van der Waals surface area contributed by atoms with Crippen LogP contribution < -0.4 is 0 Å². The molecule has 0 saturated heterocycles. The van der Waals surface area contributed by atoms with Crippen molar-refractivity contribution in [1.29, 1.82) is 0 Å². The van der Waals surface area contributed by atoms with Gasteiger partial charge in [-0.3, -0.25) is 0 Å². The van der Waals surface area contributed by atoms with E-state index in [2.05, 4.69) is 34.6 Å². The smallest absolute Gasteiger partial charge is 0.122 e. The molecule has 0 bridgehead atoms. The largest absolute Gasteiger partial charge is 0.507 e. The molecule has 1 heteroatoms. The number of phenols is 1. The van der Waals surface area contributed by atoms with Crippen molar-refractivity contribution in [3.05, 3.63) is 27.8 Å². The molecule has 0 radical (unpaired) electrons. The number of hydrogen-bond donors (Lipinski definition) is 1. The maximum absolute atomic E-state index is 10.2. The zero-order chi connectivity index (χ0) is 11.6. The summed E-state index contributed by atoms with van der Waals surface area (Å²) in [6.45, 7) is 10.7. The standard InChI is InChI=1S/C14H22O/c1-6-11-9(4)12(7-2)14(15)13(8-3)10(11)5/h15H,6-8H2,1-5H3. The minimum Gasteiger partial charge on any atom is -0.507 e. The van der Waals surface area contributed by atoms with Gasteiger partial charge in [-0.05, 0) is 60.9 Å². The highest BCUT2D eigenvalue weighted by molar-refractivity contribution is 5.54. The molecule has 84 valence electrons. The first-order chi connectivity index (χ1) is 7.08. The van der Waals surface area contributed by atoms with Gasteiger partial charge in [0.1, 0.15) is 5.75 Å². The topological polar surface area (TPSA) is 20.2 Å². The summed E-state index contributed by atoms with van der Waals surface area (Å²) in [5, 5.41) is 10.2. The van der Waals surface area contributed by atoms with E-state index in [1.165, 1.54) is 16.7 Å². The van der Waals surface area contributed by atoms with E-state index in [0.717, 1.165) is 30.4 Å². The highest BCUT2D eigenvalue weighted by atomic mass is 16.3. The third-order valence-corrected chi connectivity index (χ3v) is 3.44. The maximum atomic E-state index is 10.2. The van der Waals surface area contributed by atoms with Crippen molar-refractivity contribution in [3.8, 4) is 5.75 Å². The SMILES string of the molecule is CCc1c(C)c(CC)c(O)c(CC)c1C. The van der Waals surface area contributed by atoms with Crippen LogP contribution in [0.3, 0.4) is 0 Å². The van der Waals surface area contributed by atoms with Crippen LogP contribution in [-0.4, -0.2) is 5.11 Å². The highest BCUT2D eigenvalue weighted by Crippen LogP contribution is 2.33. The second-order valence-electron chi connectivity index (χ2n) is 4.09. The lowest BCUT2D eigenvalue weighted by Crippen LogP contribution is -2.02. The van der Waals surface area contributed by atoms with Crippen LogP contribution in [0.5, 0.6) is 5.75 Å². The van der Waals surface area contributed by atoms with Crippen molar-refractivity contribution in [2.45, 2.75) is 53.9 Å². The summed E-state index contributed by atoms with van der Waals surface area (Å²) in [7, 11) is 0. The molecule has 15 heavy (non-hydrogen) atoms. The lowest BCUT2D eigenvalue weighted by atomic mass is 9.88. The van der Waals surface area contributed by atoms with E-state index in [9.17, 15) is 5.11 Å². The zero-order valence-corrected chi connectivity index (χ0v) is 10.6. The molecular formula is C14H22O. The van der Waals surface area contributed by atoms with Gasteiger partial charge in [0.25, 0.3) is 0 Å². The molecule has 0 aromatic heterocycles. The van der Waals surface area contributed by atoms with Crippen LogP contribution in [0, 0.1) is 13.8 Å². The van der Waals surface area contributed by atoms with Crippen molar-refractivity contribution < 1.29 is 5.11 Å². The molecule has 1 aromatic carbocycles. The number of aromatic hydroxyl groups is 1.